The second kappa shape index (κ2) is 2.19. The monoisotopic (exact) mass is 162 g/mol. The van der Waals surface area contributed by atoms with Crippen molar-refractivity contribution >= 4 is 13.3 Å². The average Bonchev–Trinajstić information content (AvgIpc) is 2.21. The van der Waals surface area contributed by atoms with Gasteiger partial charge in [-0.25, -0.2) is 0 Å². The van der Waals surface area contributed by atoms with Crippen LogP contribution in [0.2, 0.25) is 0 Å². The Morgan fingerprint density at radius 3 is 2.58 bits per heavy atom. The van der Waals surface area contributed by atoms with Gasteiger partial charge in [-0.1, -0.05) is 11.5 Å². The first-order valence-electron chi connectivity index (χ1n) is 4.05. The van der Waals surface area contributed by atoms with E-state index in [2.05, 4.69) is 0 Å². The third kappa shape index (κ3) is 1.15. The Morgan fingerprint density at radius 2 is 1.83 bits per heavy atom. The molecule has 0 fully saturated rings. The third-order valence-corrected chi connectivity index (χ3v) is 1.81. The summed E-state index contributed by atoms with van der Waals surface area (Å²) in [6.45, 7) is 3.81. The van der Waals surface area contributed by atoms with E-state index in [1.807, 2.05) is 39.9 Å². The van der Waals surface area contributed by atoms with Gasteiger partial charge in [0, 0.05) is 13.8 Å². The van der Waals surface area contributed by atoms with Crippen LogP contribution in [0.15, 0.2) is 18.2 Å². The van der Waals surface area contributed by atoms with Crippen molar-refractivity contribution in [3.8, 4) is 11.5 Å². The molecule has 1 aliphatic heterocycles. The molecule has 0 saturated heterocycles. The lowest BCUT2D eigenvalue weighted by atomic mass is 9.96. The molecule has 3 heteroatoms. The van der Waals surface area contributed by atoms with Gasteiger partial charge < -0.3 is 9.47 Å². The Bertz CT molecular complexity index is 320. The molecule has 0 atom stereocenters. The highest BCUT2D eigenvalue weighted by Gasteiger charge is 2.31. The Balaban J connectivity index is 2.43. The van der Waals surface area contributed by atoms with Crippen LogP contribution in [-0.4, -0.2) is 13.6 Å². The molecule has 12 heavy (non-hydrogen) atoms. The van der Waals surface area contributed by atoms with E-state index >= 15 is 0 Å². The second-order valence-corrected chi connectivity index (χ2v) is 3.55. The summed E-state index contributed by atoms with van der Waals surface area (Å²) < 4.78 is 11.1. The van der Waals surface area contributed by atoms with Crippen LogP contribution in [-0.2, 0) is 0 Å². The smallest absolute Gasteiger partial charge is 0.246 e. The molecule has 1 heterocycles. The lowest BCUT2D eigenvalue weighted by molar-refractivity contribution is -0.0431. The molecule has 1 aromatic rings. The van der Waals surface area contributed by atoms with E-state index in [4.69, 9.17) is 9.47 Å². The first kappa shape index (κ1) is 7.53. The van der Waals surface area contributed by atoms with Gasteiger partial charge in [0.05, 0.1) is 0 Å². The average molecular weight is 162 g/mol. The van der Waals surface area contributed by atoms with Crippen LogP contribution in [0.25, 0.3) is 0 Å². The zero-order chi connectivity index (χ0) is 8.77. The first-order chi connectivity index (χ1) is 5.57. The molecule has 0 aromatic heterocycles. The first-order valence-corrected chi connectivity index (χ1v) is 4.05. The predicted molar refractivity (Wildman–Crippen MR) is 50.0 cm³/mol. The van der Waals surface area contributed by atoms with Crippen LogP contribution < -0.4 is 14.9 Å². The van der Waals surface area contributed by atoms with Gasteiger partial charge in [0.25, 0.3) is 0 Å². The van der Waals surface area contributed by atoms with Crippen LogP contribution in [0.4, 0.5) is 0 Å². The number of hydrogen-bond acceptors (Lipinski definition) is 2. The molecule has 0 saturated carbocycles. The van der Waals surface area contributed by atoms with E-state index in [1.165, 1.54) is 5.46 Å². The minimum Gasteiger partial charge on any atom is -0.449 e. The van der Waals surface area contributed by atoms with E-state index in [0.717, 1.165) is 11.5 Å². The highest BCUT2D eigenvalue weighted by molar-refractivity contribution is 6.32. The Morgan fingerprint density at radius 1 is 1.17 bits per heavy atom. The van der Waals surface area contributed by atoms with Crippen LogP contribution >= 0.6 is 0 Å². The van der Waals surface area contributed by atoms with Crippen LogP contribution in [0, 0.1) is 0 Å². The summed E-state index contributed by atoms with van der Waals surface area (Å²) in [5, 5.41) is 0. The molecule has 2 nitrogen and oxygen atoms in total. The summed E-state index contributed by atoms with van der Waals surface area (Å²) in [5.74, 6) is 1.18. The molecule has 62 valence electrons. The van der Waals surface area contributed by atoms with E-state index in [1.54, 1.807) is 0 Å². The molecule has 0 aliphatic carbocycles. The van der Waals surface area contributed by atoms with Crippen molar-refractivity contribution in [3.05, 3.63) is 18.2 Å². The number of benzene rings is 1. The molecule has 1 aliphatic rings. The SMILES string of the molecule is Bc1ccc2c(c1)OC(C)(C)O2. The number of fused-ring (bicyclic) bond motifs is 1. The maximum atomic E-state index is 5.55. The van der Waals surface area contributed by atoms with Crippen molar-refractivity contribution in [1.29, 1.82) is 0 Å². The summed E-state index contributed by atoms with van der Waals surface area (Å²) in [5.41, 5.74) is 1.19. The summed E-state index contributed by atoms with van der Waals surface area (Å²) >= 11 is 0. The molecular formula is C9H11BO2. The summed E-state index contributed by atoms with van der Waals surface area (Å²) in [7, 11) is 2.04. The third-order valence-electron chi connectivity index (χ3n) is 1.81. The highest BCUT2D eigenvalue weighted by Crippen LogP contribution is 2.37. The molecule has 0 unspecified atom stereocenters. The van der Waals surface area contributed by atoms with E-state index in [-0.39, 0.29) is 0 Å². The minimum absolute atomic E-state index is 0.504. The van der Waals surface area contributed by atoms with Gasteiger partial charge in [0.2, 0.25) is 5.79 Å². The Hall–Kier alpha value is -1.12. The minimum atomic E-state index is -0.504. The van der Waals surface area contributed by atoms with Crippen molar-refractivity contribution in [2.45, 2.75) is 19.6 Å². The molecule has 2 rings (SSSR count). The topological polar surface area (TPSA) is 18.5 Å². The second-order valence-electron chi connectivity index (χ2n) is 3.55. The summed E-state index contributed by atoms with van der Waals surface area (Å²) in [6.07, 6.45) is 0. The highest BCUT2D eigenvalue weighted by atomic mass is 16.7. The lowest BCUT2D eigenvalue weighted by Crippen LogP contribution is -2.29. The van der Waals surface area contributed by atoms with Gasteiger partial charge >= 0.3 is 0 Å². The molecule has 1 aromatic carbocycles. The maximum absolute atomic E-state index is 5.55. The largest absolute Gasteiger partial charge is 0.449 e. The predicted octanol–water partition coefficient (Wildman–Crippen LogP) is 0.452. The summed E-state index contributed by atoms with van der Waals surface area (Å²) in [6, 6.07) is 5.95. The fourth-order valence-corrected chi connectivity index (χ4v) is 1.33. The number of hydrogen-bond donors (Lipinski definition) is 0. The molecule has 0 radical (unpaired) electrons. The number of rotatable bonds is 0. The van der Waals surface area contributed by atoms with Gasteiger partial charge in [-0.05, 0) is 12.1 Å². The van der Waals surface area contributed by atoms with Gasteiger partial charge in [0.15, 0.2) is 11.5 Å². The van der Waals surface area contributed by atoms with Gasteiger partial charge in [-0.15, -0.1) is 0 Å². The van der Waals surface area contributed by atoms with Gasteiger partial charge in [-0.2, -0.15) is 0 Å². The zero-order valence-electron chi connectivity index (χ0n) is 7.55. The van der Waals surface area contributed by atoms with Gasteiger partial charge in [-0.3, -0.25) is 0 Å². The van der Waals surface area contributed by atoms with Crippen LogP contribution in [0.5, 0.6) is 11.5 Å². The van der Waals surface area contributed by atoms with Crippen molar-refractivity contribution in [3.63, 3.8) is 0 Å². The molecule has 0 bridgehead atoms. The maximum Gasteiger partial charge on any atom is 0.246 e. The fourth-order valence-electron chi connectivity index (χ4n) is 1.33. The normalized spacial score (nSPS) is 17.8. The Labute approximate surface area is 72.9 Å². The van der Waals surface area contributed by atoms with Crippen molar-refractivity contribution in [1.82, 2.24) is 0 Å². The van der Waals surface area contributed by atoms with E-state index < -0.39 is 5.79 Å². The Kier molecular flexibility index (Phi) is 1.37. The lowest BCUT2D eigenvalue weighted by Gasteiger charge is -2.16. The molecule has 0 spiro atoms. The zero-order valence-corrected chi connectivity index (χ0v) is 7.55. The summed E-state index contributed by atoms with van der Waals surface area (Å²) in [4.78, 5) is 0. The van der Waals surface area contributed by atoms with E-state index in [9.17, 15) is 0 Å². The standard InChI is InChI=1S/C9H11BO2/c1-9(2)11-7-4-3-6(10)5-8(7)12-9/h3-5H,10H2,1-2H3. The molecule has 0 amide bonds. The van der Waals surface area contributed by atoms with Crippen molar-refractivity contribution < 1.29 is 9.47 Å². The number of ether oxygens (including phenoxy) is 2. The van der Waals surface area contributed by atoms with Crippen LogP contribution in [0.3, 0.4) is 0 Å². The fraction of sp³-hybridized carbons (Fsp3) is 0.333. The van der Waals surface area contributed by atoms with Crippen molar-refractivity contribution in [2.75, 3.05) is 0 Å². The van der Waals surface area contributed by atoms with Gasteiger partial charge in [0.1, 0.15) is 7.85 Å². The van der Waals surface area contributed by atoms with Crippen molar-refractivity contribution in [2.24, 2.45) is 0 Å². The molecule has 0 N–H and O–H groups in total. The quantitative estimate of drug-likeness (QED) is 0.515. The molecular weight excluding hydrogens is 151 g/mol. The van der Waals surface area contributed by atoms with E-state index in [0.29, 0.717) is 0 Å². The van der Waals surface area contributed by atoms with Crippen LogP contribution in [0.1, 0.15) is 13.8 Å².